The molecule has 0 aliphatic heterocycles. The minimum atomic E-state index is -6.40. The molecular weight excluding hydrogens is 524 g/mol. The molecule has 0 rings (SSSR count). The van der Waals surface area contributed by atoms with Crippen LogP contribution in [0.4, 0.5) is 8.78 Å². The van der Waals surface area contributed by atoms with Crippen molar-refractivity contribution in [2.45, 2.75) is 124 Å². The third-order valence-corrected chi connectivity index (χ3v) is 8.86. The molecule has 0 heterocycles. The minimum Gasteiger partial charge on any atom is -0.774 e. The van der Waals surface area contributed by atoms with Crippen LogP contribution in [0.25, 0.3) is 0 Å². The normalized spacial score (nSPS) is 14.9. The summed E-state index contributed by atoms with van der Waals surface area (Å²) in [7, 11) is -12.8. The average Bonchev–Trinajstić information content (AvgIpc) is 2.82. The first-order chi connectivity index (χ1) is 17.2. The molecule has 37 heavy (non-hydrogen) atoms. The van der Waals surface area contributed by atoms with E-state index in [0.29, 0.717) is 0 Å². The van der Waals surface area contributed by atoms with Crippen LogP contribution in [0.3, 0.4) is 0 Å². The predicted octanol–water partition coefficient (Wildman–Crippen LogP) is 3.17. The molecule has 0 aromatic heterocycles. The van der Waals surface area contributed by atoms with Crippen LogP contribution in [-0.2, 0) is 9.13 Å². The van der Waals surface area contributed by atoms with Gasteiger partial charge in [-0.05, 0) is 38.5 Å². The van der Waals surface area contributed by atoms with Crippen LogP contribution in [0.5, 0.6) is 0 Å². The van der Waals surface area contributed by atoms with E-state index in [2.05, 4.69) is 41.5 Å². The molecule has 4 N–H and O–H groups in total. The molecule has 2 unspecified atom stereocenters. The van der Waals surface area contributed by atoms with Gasteiger partial charge in [0.2, 0.25) is 15.2 Å². The molecule has 0 bridgehead atoms. The van der Waals surface area contributed by atoms with E-state index in [4.69, 9.17) is 9.79 Å². The smallest absolute Gasteiger partial charge is 0.368 e. The molecule has 0 fully saturated rings. The highest BCUT2D eigenvalue weighted by Gasteiger charge is 2.50. The number of halogens is 2. The van der Waals surface area contributed by atoms with Crippen LogP contribution < -0.4 is 19.6 Å². The Hall–Kier alpha value is 0.0800. The lowest BCUT2D eigenvalue weighted by molar-refractivity contribution is -0.900. The van der Waals surface area contributed by atoms with Crippen molar-refractivity contribution in [2.75, 3.05) is 39.3 Å². The molecule has 228 valence electrons. The minimum absolute atomic E-state index is 1.35. The fourth-order valence-electron chi connectivity index (χ4n) is 3.47. The third kappa shape index (κ3) is 23.7. The van der Waals surface area contributed by atoms with Gasteiger partial charge in [0.15, 0.2) is 0 Å². The molecule has 0 saturated carbocycles. The van der Waals surface area contributed by atoms with Crippen molar-refractivity contribution in [1.29, 1.82) is 0 Å². The number of alkyl halides is 2. The Kier molecular flexibility index (Phi) is 28.2. The quantitative estimate of drug-likeness (QED) is 0.163. The summed E-state index contributed by atoms with van der Waals surface area (Å²) in [6, 6.07) is 0. The molecule has 0 radical (unpaired) electrons. The van der Waals surface area contributed by atoms with Gasteiger partial charge in [-0.1, -0.05) is 80.1 Å². The van der Waals surface area contributed by atoms with Gasteiger partial charge in [-0.2, -0.15) is 8.78 Å². The standard InChI is InChI=1S/2C12H27N.CH4F2O6P2/c2*1-4-7-10-13(11-8-5-2)12-9-6-3;2-1(3,10(4,5)6)11(7,8)9/h2*4-12H2,1-3H3;(H2,4,5,6)(H2,7,8,9). The van der Waals surface area contributed by atoms with E-state index in [1.807, 2.05) is 9.80 Å². The Morgan fingerprint density at radius 2 is 0.703 bits per heavy atom. The summed E-state index contributed by atoms with van der Waals surface area (Å²) in [6.45, 7) is 22.1. The second-order valence-corrected chi connectivity index (χ2v) is 13.2. The lowest BCUT2D eigenvalue weighted by Crippen LogP contribution is -3.12. The number of quaternary nitrogens is 2. The van der Waals surface area contributed by atoms with Gasteiger partial charge in [0.1, 0.15) is 0 Å². The average molecular weight is 583 g/mol. The molecule has 0 aliphatic rings. The van der Waals surface area contributed by atoms with Crippen molar-refractivity contribution in [3.05, 3.63) is 0 Å². The molecule has 0 aromatic carbocycles. The van der Waals surface area contributed by atoms with E-state index >= 15 is 0 Å². The lowest BCUT2D eigenvalue weighted by atomic mass is 10.2. The van der Waals surface area contributed by atoms with E-state index in [1.165, 1.54) is 116 Å². The summed E-state index contributed by atoms with van der Waals surface area (Å²) in [5, 5.41) is -5.51. The number of hydrogen-bond acceptors (Lipinski definition) is 4. The molecule has 8 nitrogen and oxygen atoms in total. The summed E-state index contributed by atoms with van der Waals surface area (Å²) in [5.41, 5.74) is 0. The van der Waals surface area contributed by atoms with Gasteiger partial charge in [-0.25, -0.2) is 0 Å². The first kappa shape index (κ1) is 41.6. The Bertz CT molecular complexity index is 505. The van der Waals surface area contributed by atoms with Crippen LogP contribution in [0.1, 0.15) is 119 Å². The molecular formula is C25H58F2N2O6P2. The SMILES string of the molecule is CCCC[NH+](CCCC)CCCC.CCCC[NH+](CCCC)CCCC.O=P([O-])(O)C(F)(F)P(=O)([O-])O. The molecule has 0 amide bonds. The largest absolute Gasteiger partial charge is 0.774 e. The second-order valence-electron chi connectivity index (χ2n) is 9.67. The monoisotopic (exact) mass is 582 g/mol. The highest BCUT2D eigenvalue weighted by Crippen LogP contribution is 2.66. The van der Waals surface area contributed by atoms with E-state index in [-0.39, 0.29) is 0 Å². The molecule has 12 heteroatoms. The Balaban J connectivity index is -0.000000471. The Labute approximate surface area is 225 Å². The van der Waals surface area contributed by atoms with Gasteiger partial charge in [0, 0.05) is 0 Å². The van der Waals surface area contributed by atoms with Gasteiger partial charge in [-0.3, -0.25) is 0 Å². The van der Waals surface area contributed by atoms with Crippen LogP contribution in [0.2, 0.25) is 0 Å². The summed E-state index contributed by atoms with van der Waals surface area (Å²) in [5.74, 6) is 0. The predicted molar refractivity (Wildman–Crippen MR) is 145 cm³/mol. The molecule has 0 aromatic rings. The first-order valence-electron chi connectivity index (χ1n) is 14.3. The van der Waals surface area contributed by atoms with E-state index < -0.39 is 20.6 Å². The summed E-state index contributed by atoms with van der Waals surface area (Å²) in [4.78, 5) is 38.1. The molecule has 0 saturated heterocycles. The van der Waals surface area contributed by atoms with Crippen molar-refractivity contribution in [2.24, 2.45) is 0 Å². The Morgan fingerprint density at radius 3 is 0.784 bits per heavy atom. The number of nitrogens with one attached hydrogen (secondary N) is 2. The Morgan fingerprint density at radius 1 is 0.541 bits per heavy atom. The second kappa shape index (κ2) is 25.1. The number of rotatable bonds is 20. The molecule has 2 atom stereocenters. The van der Waals surface area contributed by atoms with Crippen LogP contribution in [0.15, 0.2) is 0 Å². The highest BCUT2D eigenvalue weighted by atomic mass is 31.2. The topological polar surface area (TPSA) is 130 Å². The van der Waals surface area contributed by atoms with Crippen LogP contribution >= 0.6 is 15.2 Å². The first-order valence-corrected chi connectivity index (χ1v) is 17.5. The number of unbranched alkanes of at least 4 members (excludes halogenated alkanes) is 6. The maximum Gasteiger partial charge on any atom is 0.368 e. The zero-order chi connectivity index (χ0) is 29.4. The van der Waals surface area contributed by atoms with Gasteiger partial charge < -0.3 is 38.5 Å². The van der Waals surface area contributed by atoms with Crippen molar-refractivity contribution in [3.63, 3.8) is 0 Å². The maximum absolute atomic E-state index is 11.8. The van der Waals surface area contributed by atoms with Crippen molar-refractivity contribution < 1.29 is 47.3 Å². The summed E-state index contributed by atoms with van der Waals surface area (Å²) >= 11 is 0. The van der Waals surface area contributed by atoms with E-state index in [1.54, 1.807) is 0 Å². The van der Waals surface area contributed by atoms with Crippen molar-refractivity contribution in [1.82, 2.24) is 0 Å². The highest BCUT2D eigenvalue weighted by molar-refractivity contribution is 7.70. The van der Waals surface area contributed by atoms with Gasteiger partial charge in [0.25, 0.3) is 0 Å². The zero-order valence-corrected chi connectivity index (χ0v) is 26.2. The van der Waals surface area contributed by atoms with E-state index in [9.17, 15) is 27.7 Å². The fraction of sp³-hybridized carbons (Fsp3) is 1.00. The van der Waals surface area contributed by atoms with Crippen LogP contribution in [-0.4, -0.2) is 54.5 Å². The lowest BCUT2D eigenvalue weighted by Gasteiger charge is -2.32. The van der Waals surface area contributed by atoms with Gasteiger partial charge in [-0.15, -0.1) is 0 Å². The summed E-state index contributed by atoms with van der Waals surface area (Å²) in [6.07, 6.45) is 16.5. The van der Waals surface area contributed by atoms with Crippen LogP contribution in [0, 0.1) is 0 Å². The fourth-order valence-corrected chi connectivity index (χ4v) is 4.75. The van der Waals surface area contributed by atoms with Gasteiger partial charge in [0.05, 0.1) is 39.3 Å². The van der Waals surface area contributed by atoms with Crippen molar-refractivity contribution in [3.8, 4) is 0 Å². The third-order valence-electron chi connectivity index (χ3n) is 5.98. The van der Waals surface area contributed by atoms with E-state index in [0.717, 1.165) is 0 Å². The number of hydrogen-bond donors (Lipinski definition) is 4. The van der Waals surface area contributed by atoms with Gasteiger partial charge >= 0.3 is 5.40 Å². The maximum atomic E-state index is 11.8. The molecule has 0 spiro atoms. The molecule has 0 aliphatic carbocycles. The van der Waals surface area contributed by atoms with Crippen molar-refractivity contribution >= 4 is 15.2 Å². The zero-order valence-electron chi connectivity index (χ0n) is 24.4. The summed E-state index contributed by atoms with van der Waals surface area (Å²) < 4.78 is 42.8.